The van der Waals surface area contributed by atoms with Crippen molar-refractivity contribution in [2.75, 3.05) is 0 Å². The first-order valence-electron chi connectivity index (χ1n) is 6.73. The van der Waals surface area contributed by atoms with E-state index in [4.69, 9.17) is 5.11 Å². The number of para-hydroxylation sites is 1. The van der Waals surface area contributed by atoms with Gasteiger partial charge in [0.1, 0.15) is 0 Å². The Kier molecular flexibility index (Phi) is 4.52. The van der Waals surface area contributed by atoms with Crippen molar-refractivity contribution in [3.05, 3.63) is 39.9 Å². The highest BCUT2D eigenvalue weighted by atomic mass is 16.6. The highest BCUT2D eigenvalue weighted by Crippen LogP contribution is 2.32. The minimum atomic E-state index is -0.960. The van der Waals surface area contributed by atoms with E-state index in [0.29, 0.717) is 24.8 Å². The summed E-state index contributed by atoms with van der Waals surface area (Å²) in [5, 5.41) is 22.6. The number of nitro groups is 1. The summed E-state index contributed by atoms with van der Waals surface area (Å²) < 4.78 is 0. The van der Waals surface area contributed by atoms with Gasteiger partial charge in [0, 0.05) is 18.2 Å². The molecule has 1 aliphatic carbocycles. The van der Waals surface area contributed by atoms with Gasteiger partial charge in [0.25, 0.3) is 5.69 Å². The van der Waals surface area contributed by atoms with Crippen molar-refractivity contribution in [1.82, 2.24) is 5.32 Å². The Morgan fingerprint density at radius 3 is 2.62 bits per heavy atom. The Hall–Kier alpha value is -2.44. The molecule has 2 atom stereocenters. The summed E-state index contributed by atoms with van der Waals surface area (Å²) in [6.45, 7) is 0.0266. The lowest BCUT2D eigenvalue weighted by Gasteiger charge is -2.15. The van der Waals surface area contributed by atoms with Crippen molar-refractivity contribution in [2.24, 2.45) is 11.8 Å². The Morgan fingerprint density at radius 2 is 1.95 bits per heavy atom. The topological polar surface area (TPSA) is 110 Å². The normalized spacial score (nSPS) is 21.0. The fourth-order valence-corrected chi connectivity index (χ4v) is 2.72. The third kappa shape index (κ3) is 3.36. The Bertz CT molecular complexity index is 572. The molecule has 7 nitrogen and oxygen atoms in total. The number of carboxylic acids is 1. The van der Waals surface area contributed by atoms with E-state index in [9.17, 15) is 19.7 Å². The van der Waals surface area contributed by atoms with Gasteiger partial charge in [0.2, 0.25) is 5.91 Å². The van der Waals surface area contributed by atoms with Gasteiger partial charge in [-0.1, -0.05) is 24.6 Å². The zero-order valence-electron chi connectivity index (χ0n) is 11.3. The van der Waals surface area contributed by atoms with Gasteiger partial charge in [0.15, 0.2) is 0 Å². The standard InChI is InChI=1S/C14H16N2O5/c17-13(10-5-3-6-11(10)14(18)19)15-8-9-4-1-2-7-12(9)16(20)21/h1-2,4,7,10-11H,3,5-6,8H2,(H,15,17)(H,18,19). The number of rotatable bonds is 5. The van der Waals surface area contributed by atoms with Gasteiger partial charge in [-0.3, -0.25) is 19.7 Å². The lowest BCUT2D eigenvalue weighted by molar-refractivity contribution is -0.385. The average Bonchev–Trinajstić information content (AvgIpc) is 2.94. The number of nitrogens with zero attached hydrogens (tertiary/aromatic N) is 1. The summed E-state index contributed by atoms with van der Waals surface area (Å²) in [7, 11) is 0. The molecule has 2 unspecified atom stereocenters. The highest BCUT2D eigenvalue weighted by Gasteiger charge is 2.37. The van der Waals surface area contributed by atoms with Crippen LogP contribution < -0.4 is 5.32 Å². The van der Waals surface area contributed by atoms with Gasteiger partial charge >= 0.3 is 5.97 Å². The van der Waals surface area contributed by atoms with Crippen LogP contribution in [0.5, 0.6) is 0 Å². The number of hydrogen-bond donors (Lipinski definition) is 2. The molecule has 7 heteroatoms. The molecule has 112 valence electrons. The molecule has 0 aromatic heterocycles. The highest BCUT2D eigenvalue weighted by molar-refractivity contribution is 5.85. The first-order chi connectivity index (χ1) is 10.0. The van der Waals surface area contributed by atoms with Crippen molar-refractivity contribution >= 4 is 17.6 Å². The largest absolute Gasteiger partial charge is 0.481 e. The number of carboxylic acid groups (broad SMARTS) is 1. The quantitative estimate of drug-likeness (QED) is 0.634. The smallest absolute Gasteiger partial charge is 0.307 e. The van der Waals surface area contributed by atoms with E-state index in [-0.39, 0.29) is 18.1 Å². The first kappa shape index (κ1) is 15.0. The van der Waals surface area contributed by atoms with Crippen molar-refractivity contribution < 1.29 is 19.6 Å². The maximum Gasteiger partial charge on any atom is 0.307 e. The monoisotopic (exact) mass is 292 g/mol. The number of hydrogen-bond acceptors (Lipinski definition) is 4. The molecule has 1 saturated carbocycles. The molecule has 2 N–H and O–H groups in total. The number of carbonyl (C=O) groups excluding carboxylic acids is 1. The van der Waals surface area contributed by atoms with Crippen LogP contribution in [-0.2, 0) is 16.1 Å². The second-order valence-corrected chi connectivity index (χ2v) is 5.09. The Labute approximate surface area is 121 Å². The second kappa shape index (κ2) is 6.34. The molecule has 0 heterocycles. The molecule has 0 spiro atoms. The molecule has 1 aliphatic rings. The average molecular weight is 292 g/mol. The van der Waals surface area contributed by atoms with E-state index in [1.165, 1.54) is 6.07 Å². The van der Waals surface area contributed by atoms with Gasteiger partial charge in [-0.05, 0) is 12.8 Å². The Balaban J connectivity index is 2.02. The fourth-order valence-electron chi connectivity index (χ4n) is 2.72. The first-order valence-corrected chi connectivity index (χ1v) is 6.73. The van der Waals surface area contributed by atoms with Gasteiger partial charge in [-0.2, -0.15) is 0 Å². The molecular formula is C14H16N2O5. The number of benzene rings is 1. The molecule has 1 aromatic carbocycles. The summed E-state index contributed by atoms with van der Waals surface area (Å²) in [5.41, 5.74) is 0.347. The SMILES string of the molecule is O=C(O)C1CCCC1C(=O)NCc1ccccc1[N+](=O)[O-]. The maximum absolute atomic E-state index is 12.1. The van der Waals surface area contributed by atoms with E-state index in [1.807, 2.05) is 0 Å². The maximum atomic E-state index is 12.1. The fraction of sp³-hybridized carbons (Fsp3) is 0.429. The molecule has 1 amide bonds. The van der Waals surface area contributed by atoms with Crippen LogP contribution in [0, 0.1) is 22.0 Å². The van der Waals surface area contributed by atoms with Crippen molar-refractivity contribution in [2.45, 2.75) is 25.8 Å². The molecule has 0 aliphatic heterocycles. The number of carbonyl (C=O) groups is 2. The van der Waals surface area contributed by atoms with E-state index < -0.39 is 22.7 Å². The molecule has 1 aromatic rings. The molecule has 0 saturated heterocycles. The van der Waals surface area contributed by atoms with Crippen LogP contribution in [0.15, 0.2) is 24.3 Å². The molecule has 0 radical (unpaired) electrons. The molecule has 0 bridgehead atoms. The third-order valence-corrected chi connectivity index (χ3v) is 3.81. The summed E-state index contributed by atoms with van der Waals surface area (Å²) in [6.07, 6.45) is 1.75. The number of nitrogens with one attached hydrogen (secondary N) is 1. The van der Waals surface area contributed by atoms with Crippen LogP contribution in [-0.4, -0.2) is 21.9 Å². The predicted octanol–water partition coefficient (Wildman–Crippen LogP) is 1.71. The molecule has 1 fully saturated rings. The third-order valence-electron chi connectivity index (χ3n) is 3.81. The summed E-state index contributed by atoms with van der Waals surface area (Å²) in [4.78, 5) is 33.5. The zero-order chi connectivity index (χ0) is 15.4. The predicted molar refractivity (Wildman–Crippen MR) is 73.4 cm³/mol. The van der Waals surface area contributed by atoms with Crippen molar-refractivity contribution in [1.29, 1.82) is 0 Å². The van der Waals surface area contributed by atoms with Crippen LogP contribution in [0.1, 0.15) is 24.8 Å². The van der Waals surface area contributed by atoms with Crippen LogP contribution in [0.3, 0.4) is 0 Å². The van der Waals surface area contributed by atoms with Gasteiger partial charge in [0.05, 0.1) is 16.8 Å². The van der Waals surface area contributed by atoms with Gasteiger partial charge in [-0.15, -0.1) is 0 Å². The Morgan fingerprint density at radius 1 is 1.29 bits per heavy atom. The molecular weight excluding hydrogens is 276 g/mol. The van der Waals surface area contributed by atoms with E-state index in [0.717, 1.165) is 0 Å². The van der Waals surface area contributed by atoms with Crippen LogP contribution in [0.25, 0.3) is 0 Å². The summed E-state index contributed by atoms with van der Waals surface area (Å²) in [5.74, 6) is -2.52. The minimum Gasteiger partial charge on any atom is -0.481 e. The van der Waals surface area contributed by atoms with Crippen LogP contribution in [0.2, 0.25) is 0 Å². The van der Waals surface area contributed by atoms with Crippen LogP contribution in [0.4, 0.5) is 5.69 Å². The minimum absolute atomic E-state index is 0.0266. The van der Waals surface area contributed by atoms with E-state index >= 15 is 0 Å². The van der Waals surface area contributed by atoms with Gasteiger partial charge in [-0.25, -0.2) is 0 Å². The van der Waals surface area contributed by atoms with E-state index in [1.54, 1.807) is 18.2 Å². The van der Waals surface area contributed by atoms with E-state index in [2.05, 4.69) is 5.32 Å². The summed E-state index contributed by atoms with van der Waals surface area (Å²) in [6, 6.07) is 6.16. The number of nitro benzene ring substituents is 1. The molecule has 21 heavy (non-hydrogen) atoms. The number of amides is 1. The van der Waals surface area contributed by atoms with Crippen molar-refractivity contribution in [3.63, 3.8) is 0 Å². The van der Waals surface area contributed by atoms with Crippen molar-refractivity contribution in [3.8, 4) is 0 Å². The van der Waals surface area contributed by atoms with Gasteiger partial charge < -0.3 is 10.4 Å². The lowest BCUT2D eigenvalue weighted by Crippen LogP contribution is -2.35. The molecule has 2 rings (SSSR count). The van der Waals surface area contributed by atoms with Crippen LogP contribution >= 0.6 is 0 Å². The summed E-state index contributed by atoms with van der Waals surface area (Å²) >= 11 is 0. The second-order valence-electron chi connectivity index (χ2n) is 5.09. The zero-order valence-corrected chi connectivity index (χ0v) is 11.3. The number of aliphatic carboxylic acids is 1. The lowest BCUT2D eigenvalue weighted by atomic mass is 9.95.